The van der Waals surface area contributed by atoms with Gasteiger partial charge in [0.25, 0.3) is 0 Å². The molecule has 1 N–H and O–H groups in total. The molecule has 1 aromatic heterocycles. The van der Waals surface area contributed by atoms with Gasteiger partial charge >= 0.3 is 0 Å². The van der Waals surface area contributed by atoms with Crippen LogP contribution >= 0.6 is 15.9 Å². The molecule has 0 saturated carbocycles. The summed E-state index contributed by atoms with van der Waals surface area (Å²) in [4.78, 5) is 4.80. The Hall–Kier alpha value is -2.85. The van der Waals surface area contributed by atoms with Crippen molar-refractivity contribution < 1.29 is 9.84 Å². The Balaban J connectivity index is 2.00. The Morgan fingerprint density at radius 2 is 1.70 bits per heavy atom. The third-order valence-electron chi connectivity index (χ3n) is 4.43. The summed E-state index contributed by atoms with van der Waals surface area (Å²) in [5.74, 6) is 1.70. The van der Waals surface area contributed by atoms with E-state index in [4.69, 9.17) is 9.72 Å². The van der Waals surface area contributed by atoms with Gasteiger partial charge in [0.05, 0.1) is 11.2 Å². The highest BCUT2D eigenvalue weighted by Gasteiger charge is 2.18. The van der Waals surface area contributed by atoms with Gasteiger partial charge in [-0.2, -0.15) is 0 Å². The average Bonchev–Trinajstić information content (AvgIpc) is 2.69. The second kappa shape index (κ2) is 7.41. The summed E-state index contributed by atoms with van der Waals surface area (Å²) in [5.41, 5.74) is 3.70. The number of nitrogens with zero attached hydrogens (tertiary/aromatic N) is 1. The molecule has 4 heteroatoms. The van der Waals surface area contributed by atoms with E-state index in [0.717, 1.165) is 50.1 Å². The molecule has 0 bridgehead atoms. The van der Waals surface area contributed by atoms with E-state index in [2.05, 4.69) is 35.0 Å². The van der Waals surface area contributed by atoms with Crippen molar-refractivity contribution in [1.82, 2.24) is 4.98 Å². The zero-order chi connectivity index (χ0) is 18.8. The van der Waals surface area contributed by atoms with Gasteiger partial charge in [-0.3, -0.25) is 4.98 Å². The van der Waals surface area contributed by atoms with Crippen molar-refractivity contribution in [2.75, 3.05) is 0 Å². The Morgan fingerprint density at radius 1 is 0.963 bits per heavy atom. The molecule has 0 unspecified atom stereocenters. The lowest BCUT2D eigenvalue weighted by atomic mass is 9.98. The lowest BCUT2D eigenvalue weighted by molar-refractivity contribution is 0.475. The van der Waals surface area contributed by atoms with Gasteiger partial charge in [-0.15, -0.1) is 0 Å². The van der Waals surface area contributed by atoms with Crippen LogP contribution in [0, 0.1) is 0 Å². The van der Waals surface area contributed by atoms with Crippen LogP contribution in [0.15, 0.2) is 77.3 Å². The van der Waals surface area contributed by atoms with Crippen LogP contribution in [0.2, 0.25) is 0 Å². The fourth-order valence-electron chi connectivity index (χ4n) is 3.16. The van der Waals surface area contributed by atoms with Crippen LogP contribution in [0.25, 0.3) is 22.0 Å². The second-order valence-electron chi connectivity index (χ2n) is 6.24. The number of rotatable bonds is 4. The number of hydrogen-bond donors (Lipinski definition) is 1. The minimum Gasteiger partial charge on any atom is -0.508 e. The largest absolute Gasteiger partial charge is 0.508 e. The van der Waals surface area contributed by atoms with E-state index in [0.29, 0.717) is 0 Å². The first-order chi connectivity index (χ1) is 13.2. The predicted molar refractivity (Wildman–Crippen MR) is 112 cm³/mol. The van der Waals surface area contributed by atoms with Gasteiger partial charge in [-0.25, -0.2) is 0 Å². The van der Waals surface area contributed by atoms with Gasteiger partial charge in [0.15, 0.2) is 0 Å². The lowest BCUT2D eigenvalue weighted by Crippen LogP contribution is -1.99. The van der Waals surface area contributed by atoms with Gasteiger partial charge in [-0.1, -0.05) is 53.2 Å². The first-order valence-corrected chi connectivity index (χ1v) is 9.59. The number of phenolic OH excluding ortho intramolecular Hbond substituents is 1. The first-order valence-electron chi connectivity index (χ1n) is 8.80. The molecule has 0 spiro atoms. The summed E-state index contributed by atoms with van der Waals surface area (Å²) < 4.78 is 7.37. The van der Waals surface area contributed by atoms with E-state index in [1.807, 2.05) is 48.5 Å². The molecular weight excluding hydrogens is 402 g/mol. The fourth-order valence-corrected chi connectivity index (χ4v) is 3.42. The highest BCUT2D eigenvalue weighted by Crippen LogP contribution is 2.41. The molecule has 0 atom stereocenters. The molecule has 134 valence electrons. The summed E-state index contributed by atoms with van der Waals surface area (Å²) in [7, 11) is 0. The van der Waals surface area contributed by atoms with Crippen LogP contribution in [0.5, 0.6) is 17.2 Å². The number of pyridine rings is 1. The Bertz CT molecular complexity index is 1090. The second-order valence-corrected chi connectivity index (χ2v) is 7.16. The molecular formula is C23H18BrNO2. The highest BCUT2D eigenvalue weighted by molar-refractivity contribution is 9.10. The van der Waals surface area contributed by atoms with Gasteiger partial charge < -0.3 is 9.84 Å². The molecule has 0 aliphatic heterocycles. The Labute approximate surface area is 166 Å². The average molecular weight is 420 g/mol. The van der Waals surface area contributed by atoms with E-state index in [1.54, 1.807) is 12.1 Å². The van der Waals surface area contributed by atoms with Crippen molar-refractivity contribution in [2.24, 2.45) is 0 Å². The standard InChI is InChI=1S/C23H18BrNO2/c1-2-20-22(15-6-4-3-5-7-15)23(27-18-11-8-16(24)9-12-18)19-13-10-17(26)14-21(19)25-20/h3-14,26H,2H2,1H3. The van der Waals surface area contributed by atoms with Crippen LogP contribution in [0.1, 0.15) is 12.6 Å². The Kier molecular flexibility index (Phi) is 4.82. The summed E-state index contributed by atoms with van der Waals surface area (Å²) in [6, 6.07) is 23.1. The maximum Gasteiger partial charge on any atom is 0.146 e. The maximum absolute atomic E-state index is 9.91. The van der Waals surface area contributed by atoms with Crippen LogP contribution in [0.3, 0.4) is 0 Å². The monoisotopic (exact) mass is 419 g/mol. The third-order valence-corrected chi connectivity index (χ3v) is 4.96. The molecule has 0 aliphatic carbocycles. The van der Waals surface area contributed by atoms with E-state index >= 15 is 0 Å². The van der Waals surface area contributed by atoms with Crippen molar-refractivity contribution in [3.8, 4) is 28.4 Å². The number of aryl methyl sites for hydroxylation is 1. The minimum atomic E-state index is 0.194. The van der Waals surface area contributed by atoms with Crippen LogP contribution in [0.4, 0.5) is 0 Å². The van der Waals surface area contributed by atoms with Gasteiger partial charge in [0.2, 0.25) is 0 Å². The summed E-state index contributed by atoms with van der Waals surface area (Å²) in [5, 5.41) is 10.8. The molecule has 0 aliphatic rings. The molecule has 27 heavy (non-hydrogen) atoms. The van der Waals surface area contributed by atoms with E-state index in [-0.39, 0.29) is 5.75 Å². The van der Waals surface area contributed by atoms with E-state index in [9.17, 15) is 5.11 Å². The fraction of sp³-hybridized carbons (Fsp3) is 0.0870. The van der Waals surface area contributed by atoms with Crippen LogP contribution in [-0.2, 0) is 6.42 Å². The van der Waals surface area contributed by atoms with E-state index in [1.165, 1.54) is 0 Å². The number of aromatic nitrogens is 1. The molecule has 3 nitrogen and oxygen atoms in total. The van der Waals surface area contributed by atoms with Gasteiger partial charge in [0, 0.05) is 21.5 Å². The maximum atomic E-state index is 9.91. The summed E-state index contributed by atoms with van der Waals surface area (Å²) >= 11 is 3.46. The van der Waals surface area contributed by atoms with Crippen molar-refractivity contribution in [1.29, 1.82) is 0 Å². The molecule has 4 aromatic rings. The SMILES string of the molecule is CCc1nc2cc(O)ccc2c(Oc2ccc(Br)cc2)c1-c1ccccc1. The predicted octanol–water partition coefficient (Wildman–Crippen LogP) is 6.72. The Morgan fingerprint density at radius 3 is 2.41 bits per heavy atom. The number of halogens is 1. The normalized spacial score (nSPS) is 10.9. The molecule has 3 aromatic carbocycles. The number of ether oxygens (including phenoxy) is 1. The number of phenols is 1. The zero-order valence-electron chi connectivity index (χ0n) is 14.8. The van der Waals surface area contributed by atoms with Gasteiger partial charge in [-0.05, 0) is 48.4 Å². The van der Waals surface area contributed by atoms with Crippen molar-refractivity contribution in [3.63, 3.8) is 0 Å². The van der Waals surface area contributed by atoms with Crippen molar-refractivity contribution in [2.45, 2.75) is 13.3 Å². The topological polar surface area (TPSA) is 42.4 Å². The third kappa shape index (κ3) is 3.53. The molecule has 0 radical (unpaired) electrons. The lowest BCUT2D eigenvalue weighted by Gasteiger charge is -2.18. The number of hydrogen-bond acceptors (Lipinski definition) is 3. The smallest absolute Gasteiger partial charge is 0.146 e. The number of benzene rings is 3. The number of fused-ring (bicyclic) bond motifs is 1. The highest BCUT2D eigenvalue weighted by atomic mass is 79.9. The molecule has 0 fully saturated rings. The van der Waals surface area contributed by atoms with Crippen molar-refractivity contribution in [3.05, 3.63) is 83.0 Å². The van der Waals surface area contributed by atoms with Crippen LogP contribution in [-0.4, -0.2) is 10.1 Å². The minimum absolute atomic E-state index is 0.194. The quantitative estimate of drug-likeness (QED) is 0.398. The van der Waals surface area contributed by atoms with E-state index < -0.39 is 0 Å². The molecule has 1 heterocycles. The molecule has 4 rings (SSSR count). The molecule has 0 saturated heterocycles. The summed E-state index contributed by atoms with van der Waals surface area (Å²) in [6.45, 7) is 2.08. The zero-order valence-corrected chi connectivity index (χ0v) is 16.4. The number of aromatic hydroxyl groups is 1. The first kappa shape index (κ1) is 17.6. The van der Waals surface area contributed by atoms with Gasteiger partial charge in [0.1, 0.15) is 17.2 Å². The summed E-state index contributed by atoms with van der Waals surface area (Å²) in [6.07, 6.45) is 0.756. The molecule has 0 amide bonds. The van der Waals surface area contributed by atoms with Crippen molar-refractivity contribution >= 4 is 26.8 Å². The van der Waals surface area contributed by atoms with Crippen LogP contribution < -0.4 is 4.74 Å².